The van der Waals surface area contributed by atoms with E-state index in [1.54, 1.807) is 22.9 Å². The molecule has 0 aliphatic rings. The lowest BCUT2D eigenvalue weighted by molar-refractivity contribution is 0.263. The predicted molar refractivity (Wildman–Crippen MR) is 99.2 cm³/mol. The van der Waals surface area contributed by atoms with E-state index in [0.29, 0.717) is 42.7 Å². The number of aryl methyl sites for hydroxylation is 1. The molecule has 7 nitrogen and oxygen atoms in total. The number of nitrogens with one attached hydrogen (secondary N) is 1. The second-order valence-electron chi connectivity index (χ2n) is 5.73. The molecule has 0 saturated heterocycles. The number of aromatic nitrogens is 4. The maximum atomic E-state index is 13.9. The summed E-state index contributed by atoms with van der Waals surface area (Å²) < 4.78 is 27.2. The first-order valence-electron chi connectivity index (χ1n) is 8.83. The topological polar surface area (TPSA) is 74.1 Å². The third-order valence-corrected chi connectivity index (χ3v) is 3.96. The molecule has 8 heteroatoms. The minimum atomic E-state index is -0.298. The molecule has 0 spiro atoms. The van der Waals surface area contributed by atoms with Crippen molar-refractivity contribution in [1.29, 1.82) is 0 Å². The summed E-state index contributed by atoms with van der Waals surface area (Å²) in [6.07, 6.45) is 0. The largest absolute Gasteiger partial charge is 0.490 e. The van der Waals surface area contributed by atoms with Crippen LogP contribution in [0.1, 0.15) is 25.0 Å². The third kappa shape index (κ3) is 4.52. The highest BCUT2D eigenvalue weighted by atomic mass is 19.1. The Morgan fingerprint density at radius 2 is 1.85 bits per heavy atom. The molecule has 27 heavy (non-hydrogen) atoms. The van der Waals surface area contributed by atoms with Gasteiger partial charge in [-0.25, -0.2) is 9.07 Å². The van der Waals surface area contributed by atoms with Gasteiger partial charge in [-0.15, -0.1) is 0 Å². The summed E-state index contributed by atoms with van der Waals surface area (Å²) in [6, 6.07) is 12.2. The highest BCUT2D eigenvalue weighted by Gasteiger charge is 2.14. The first-order chi connectivity index (χ1) is 13.2. The predicted octanol–water partition coefficient (Wildman–Crippen LogP) is 3.42. The van der Waals surface area contributed by atoms with Crippen LogP contribution in [0.2, 0.25) is 0 Å². The Morgan fingerprint density at radius 1 is 1.04 bits per heavy atom. The van der Waals surface area contributed by atoms with Gasteiger partial charge in [0.25, 0.3) is 0 Å². The standard InChI is InChI=1S/C19H22FN5O2/c1-3-25-19(22-23-24-25)21-12-14-9-7-11-17(26-4-2)18(14)27-13-15-8-5-6-10-16(15)20/h5-11H,3-4,12-13H2,1-2H3,(H,21,22,24). The molecular weight excluding hydrogens is 349 g/mol. The number of anilines is 1. The number of benzene rings is 2. The molecule has 0 aliphatic carbocycles. The van der Waals surface area contributed by atoms with Gasteiger partial charge in [-0.1, -0.05) is 35.4 Å². The van der Waals surface area contributed by atoms with E-state index in [1.807, 2.05) is 32.0 Å². The van der Waals surface area contributed by atoms with Gasteiger partial charge in [0.15, 0.2) is 11.5 Å². The van der Waals surface area contributed by atoms with E-state index >= 15 is 0 Å². The molecule has 1 heterocycles. The summed E-state index contributed by atoms with van der Waals surface area (Å²) in [5.41, 5.74) is 1.35. The number of tetrazole rings is 1. The van der Waals surface area contributed by atoms with Crippen LogP contribution < -0.4 is 14.8 Å². The molecule has 1 N–H and O–H groups in total. The van der Waals surface area contributed by atoms with E-state index in [-0.39, 0.29) is 12.4 Å². The number of hydrogen-bond acceptors (Lipinski definition) is 6. The molecule has 0 aliphatic heterocycles. The highest BCUT2D eigenvalue weighted by Crippen LogP contribution is 2.32. The van der Waals surface area contributed by atoms with Crippen LogP contribution in [-0.2, 0) is 19.7 Å². The van der Waals surface area contributed by atoms with Crippen molar-refractivity contribution in [1.82, 2.24) is 20.2 Å². The van der Waals surface area contributed by atoms with E-state index in [1.165, 1.54) is 6.07 Å². The quantitative estimate of drug-likeness (QED) is 0.621. The Kier molecular flexibility index (Phi) is 6.19. The minimum Gasteiger partial charge on any atom is -0.490 e. The van der Waals surface area contributed by atoms with Crippen molar-refractivity contribution in [3.05, 3.63) is 59.4 Å². The first kappa shape index (κ1) is 18.6. The Labute approximate surface area is 157 Å². The van der Waals surface area contributed by atoms with Gasteiger partial charge in [0.1, 0.15) is 12.4 Å². The van der Waals surface area contributed by atoms with E-state index < -0.39 is 0 Å². The summed E-state index contributed by atoms with van der Waals surface area (Å²) in [5.74, 6) is 1.46. The molecule has 1 aromatic heterocycles. The zero-order valence-electron chi connectivity index (χ0n) is 15.4. The number of rotatable bonds is 9. The van der Waals surface area contributed by atoms with Crippen molar-refractivity contribution in [3.8, 4) is 11.5 Å². The van der Waals surface area contributed by atoms with E-state index in [4.69, 9.17) is 9.47 Å². The van der Waals surface area contributed by atoms with Crippen LogP contribution in [0, 0.1) is 5.82 Å². The minimum absolute atomic E-state index is 0.108. The van der Waals surface area contributed by atoms with Crippen molar-refractivity contribution >= 4 is 5.95 Å². The summed E-state index contributed by atoms with van der Waals surface area (Å²) in [7, 11) is 0. The number of para-hydroxylation sites is 1. The Bertz CT molecular complexity index is 884. The first-order valence-corrected chi connectivity index (χ1v) is 8.83. The van der Waals surface area contributed by atoms with Gasteiger partial charge >= 0.3 is 0 Å². The third-order valence-electron chi connectivity index (χ3n) is 3.96. The van der Waals surface area contributed by atoms with Crippen molar-refractivity contribution in [2.45, 2.75) is 33.5 Å². The van der Waals surface area contributed by atoms with Crippen LogP contribution in [0.25, 0.3) is 0 Å². The molecule has 0 fully saturated rings. The smallest absolute Gasteiger partial charge is 0.243 e. The van der Waals surface area contributed by atoms with Gasteiger partial charge < -0.3 is 14.8 Å². The number of ether oxygens (including phenoxy) is 2. The second kappa shape index (κ2) is 8.98. The molecule has 0 saturated carbocycles. The maximum absolute atomic E-state index is 13.9. The van der Waals surface area contributed by atoms with Crippen molar-refractivity contribution < 1.29 is 13.9 Å². The lowest BCUT2D eigenvalue weighted by Gasteiger charge is -2.17. The van der Waals surface area contributed by atoms with Crippen LogP contribution in [-0.4, -0.2) is 26.8 Å². The van der Waals surface area contributed by atoms with Gasteiger partial charge in [-0.3, -0.25) is 0 Å². The molecule has 0 radical (unpaired) electrons. The van der Waals surface area contributed by atoms with E-state index in [2.05, 4.69) is 20.8 Å². The fraction of sp³-hybridized carbons (Fsp3) is 0.316. The molecule has 0 bridgehead atoms. The average molecular weight is 371 g/mol. The summed E-state index contributed by atoms with van der Waals surface area (Å²) in [4.78, 5) is 0. The molecule has 0 atom stereocenters. The Morgan fingerprint density at radius 3 is 2.63 bits per heavy atom. The summed E-state index contributed by atoms with van der Waals surface area (Å²) in [6.45, 7) is 5.57. The molecule has 2 aromatic carbocycles. The summed E-state index contributed by atoms with van der Waals surface area (Å²) in [5, 5.41) is 14.7. The SMILES string of the molecule is CCOc1cccc(CNc2nnnn2CC)c1OCc1ccccc1F. The molecule has 0 unspecified atom stereocenters. The Balaban J connectivity index is 1.80. The number of hydrogen-bond donors (Lipinski definition) is 1. The fourth-order valence-corrected chi connectivity index (χ4v) is 2.62. The van der Waals surface area contributed by atoms with Crippen LogP contribution in [0.4, 0.5) is 10.3 Å². The zero-order chi connectivity index (χ0) is 19.1. The molecule has 142 valence electrons. The van der Waals surface area contributed by atoms with Crippen LogP contribution in [0.5, 0.6) is 11.5 Å². The average Bonchev–Trinajstić information content (AvgIpc) is 3.14. The van der Waals surface area contributed by atoms with Crippen LogP contribution in [0.15, 0.2) is 42.5 Å². The van der Waals surface area contributed by atoms with Crippen LogP contribution >= 0.6 is 0 Å². The van der Waals surface area contributed by atoms with Crippen LogP contribution in [0.3, 0.4) is 0 Å². The monoisotopic (exact) mass is 371 g/mol. The second-order valence-corrected chi connectivity index (χ2v) is 5.73. The van der Waals surface area contributed by atoms with Gasteiger partial charge in [-0.05, 0) is 36.4 Å². The molecule has 3 rings (SSSR count). The number of halogens is 1. The lowest BCUT2D eigenvalue weighted by Crippen LogP contribution is -2.10. The van der Waals surface area contributed by atoms with E-state index in [9.17, 15) is 4.39 Å². The molecule has 0 amide bonds. The van der Waals surface area contributed by atoms with E-state index in [0.717, 1.165) is 5.56 Å². The highest BCUT2D eigenvalue weighted by molar-refractivity contribution is 5.48. The Hall–Kier alpha value is -3.16. The van der Waals surface area contributed by atoms with Gasteiger partial charge in [-0.2, -0.15) is 0 Å². The lowest BCUT2D eigenvalue weighted by atomic mass is 10.1. The fourth-order valence-electron chi connectivity index (χ4n) is 2.62. The van der Waals surface area contributed by atoms with Gasteiger partial charge in [0.2, 0.25) is 5.95 Å². The number of nitrogens with zero attached hydrogens (tertiary/aromatic N) is 4. The van der Waals surface area contributed by atoms with Crippen molar-refractivity contribution in [2.24, 2.45) is 0 Å². The molecule has 3 aromatic rings. The summed E-state index contributed by atoms with van der Waals surface area (Å²) >= 11 is 0. The van der Waals surface area contributed by atoms with Crippen molar-refractivity contribution in [3.63, 3.8) is 0 Å². The maximum Gasteiger partial charge on any atom is 0.243 e. The molecular formula is C19H22FN5O2. The van der Waals surface area contributed by atoms with Crippen molar-refractivity contribution in [2.75, 3.05) is 11.9 Å². The van der Waals surface area contributed by atoms with Gasteiger partial charge in [0.05, 0.1) is 6.61 Å². The zero-order valence-corrected chi connectivity index (χ0v) is 15.4. The van der Waals surface area contributed by atoms with Gasteiger partial charge in [0, 0.05) is 24.2 Å². The normalized spacial score (nSPS) is 10.6.